The fourth-order valence-electron chi connectivity index (χ4n) is 2.75. The number of carbonyl (C=O) groups is 3. The first-order valence-electron chi connectivity index (χ1n) is 8.80. The summed E-state index contributed by atoms with van der Waals surface area (Å²) in [5.74, 6) is 0.410. The van der Waals surface area contributed by atoms with Gasteiger partial charge in [-0.1, -0.05) is 0 Å². The molecule has 0 bridgehead atoms. The minimum Gasteiger partial charge on any atom is -0.492 e. The van der Waals surface area contributed by atoms with Crippen molar-refractivity contribution in [1.29, 1.82) is 0 Å². The first kappa shape index (κ1) is 22.2. The van der Waals surface area contributed by atoms with E-state index in [-0.39, 0.29) is 17.2 Å². The van der Waals surface area contributed by atoms with E-state index in [4.69, 9.17) is 13.9 Å². The van der Waals surface area contributed by atoms with E-state index in [0.717, 1.165) is 20.2 Å². The summed E-state index contributed by atoms with van der Waals surface area (Å²) in [6.45, 7) is 2.25. The number of thioether (sulfide) groups is 1. The molecule has 0 spiro atoms. The molecule has 0 saturated carbocycles. The van der Waals surface area contributed by atoms with Crippen molar-refractivity contribution in [1.82, 2.24) is 4.90 Å². The lowest BCUT2D eigenvalue weighted by molar-refractivity contribution is -0.123. The quantitative estimate of drug-likeness (QED) is 0.290. The Morgan fingerprint density at radius 3 is 2.70 bits per heavy atom. The lowest BCUT2D eigenvalue weighted by Gasteiger charge is -2.12. The predicted molar refractivity (Wildman–Crippen MR) is 118 cm³/mol. The molecular weight excluding hydrogens is 525 g/mol. The number of amides is 2. The van der Waals surface area contributed by atoms with E-state index >= 15 is 0 Å². The van der Waals surface area contributed by atoms with Gasteiger partial charge in [0.2, 0.25) is 5.76 Å². The lowest BCUT2D eigenvalue weighted by Crippen LogP contribution is -2.27. The van der Waals surface area contributed by atoms with Crippen molar-refractivity contribution in [2.75, 3.05) is 20.8 Å². The van der Waals surface area contributed by atoms with Crippen LogP contribution < -0.4 is 9.47 Å². The van der Waals surface area contributed by atoms with Crippen LogP contribution in [0.15, 0.2) is 33.6 Å². The van der Waals surface area contributed by atoms with Crippen LogP contribution in [0.2, 0.25) is 0 Å². The van der Waals surface area contributed by atoms with E-state index < -0.39 is 17.1 Å². The molecule has 0 atom stereocenters. The van der Waals surface area contributed by atoms with Crippen molar-refractivity contribution in [2.45, 2.75) is 13.5 Å². The van der Waals surface area contributed by atoms with E-state index in [1.165, 1.54) is 19.2 Å². The van der Waals surface area contributed by atoms with E-state index in [1.54, 1.807) is 19.3 Å². The number of imide groups is 1. The van der Waals surface area contributed by atoms with Crippen LogP contribution >= 0.6 is 34.4 Å². The van der Waals surface area contributed by atoms with Crippen molar-refractivity contribution < 1.29 is 33.0 Å². The molecule has 1 aliphatic heterocycles. The Labute approximate surface area is 190 Å². The maximum atomic E-state index is 12.8. The number of carbonyl (C=O) groups excluding carboxylic acids is 3. The molecule has 2 aromatic rings. The molecule has 1 fully saturated rings. The van der Waals surface area contributed by atoms with Gasteiger partial charge < -0.3 is 18.6 Å². The molecule has 2 amide bonds. The maximum absolute atomic E-state index is 12.8. The zero-order valence-corrected chi connectivity index (χ0v) is 19.4. The number of methoxy groups -OCH3 is 2. The molecule has 0 aliphatic carbocycles. The molecule has 158 valence electrons. The van der Waals surface area contributed by atoms with Crippen molar-refractivity contribution in [3.8, 4) is 11.5 Å². The number of furan rings is 1. The molecule has 30 heavy (non-hydrogen) atoms. The highest BCUT2D eigenvalue weighted by molar-refractivity contribution is 14.1. The lowest BCUT2D eigenvalue weighted by atomic mass is 10.2. The molecule has 10 heteroatoms. The molecule has 0 unspecified atom stereocenters. The third-order valence-electron chi connectivity index (χ3n) is 4.07. The number of benzene rings is 1. The summed E-state index contributed by atoms with van der Waals surface area (Å²) in [5, 5.41) is -0.421. The first-order valence-corrected chi connectivity index (χ1v) is 10.7. The van der Waals surface area contributed by atoms with E-state index in [9.17, 15) is 14.4 Å². The van der Waals surface area contributed by atoms with E-state index in [2.05, 4.69) is 27.3 Å². The van der Waals surface area contributed by atoms with Crippen molar-refractivity contribution >= 4 is 57.5 Å². The molecule has 8 nitrogen and oxygen atoms in total. The molecule has 0 N–H and O–H groups in total. The van der Waals surface area contributed by atoms with Gasteiger partial charge in [0.15, 0.2) is 11.5 Å². The van der Waals surface area contributed by atoms with Gasteiger partial charge in [0.1, 0.15) is 5.76 Å². The Kier molecular flexibility index (Phi) is 7.08. The largest absolute Gasteiger partial charge is 0.492 e. The van der Waals surface area contributed by atoms with Crippen LogP contribution in [-0.2, 0) is 16.1 Å². The van der Waals surface area contributed by atoms with Crippen LogP contribution in [0.25, 0.3) is 6.08 Å². The van der Waals surface area contributed by atoms with Gasteiger partial charge in [-0.25, -0.2) is 4.79 Å². The highest BCUT2D eigenvalue weighted by Gasteiger charge is 2.36. The van der Waals surface area contributed by atoms with Crippen molar-refractivity contribution in [3.05, 3.63) is 49.8 Å². The number of halogens is 1. The van der Waals surface area contributed by atoms with E-state index in [0.29, 0.717) is 29.4 Å². The smallest absolute Gasteiger partial charge is 0.373 e. The summed E-state index contributed by atoms with van der Waals surface area (Å²) in [6, 6.07) is 6.56. The molecule has 1 saturated heterocycles. The van der Waals surface area contributed by atoms with Crippen molar-refractivity contribution in [2.24, 2.45) is 0 Å². The Bertz CT molecular complexity index is 1030. The van der Waals surface area contributed by atoms with Crippen LogP contribution in [0.1, 0.15) is 28.8 Å². The van der Waals surface area contributed by atoms with Gasteiger partial charge in [-0.2, -0.15) is 0 Å². The summed E-state index contributed by atoms with van der Waals surface area (Å²) in [6.07, 6.45) is 1.64. The highest BCUT2D eigenvalue weighted by atomic mass is 127. The van der Waals surface area contributed by atoms with Crippen LogP contribution in [0, 0.1) is 3.57 Å². The normalized spacial score (nSPS) is 15.1. The summed E-state index contributed by atoms with van der Waals surface area (Å²) in [7, 11) is 2.80. The molecule has 0 radical (unpaired) electrons. The fourth-order valence-corrected chi connectivity index (χ4v) is 4.43. The Balaban J connectivity index is 1.83. The van der Waals surface area contributed by atoms with Gasteiger partial charge in [-0.15, -0.1) is 0 Å². The van der Waals surface area contributed by atoms with Gasteiger partial charge in [0, 0.05) is 0 Å². The molecule has 1 aromatic heterocycles. The second kappa shape index (κ2) is 9.56. The SMILES string of the molecule is CCOc1cc(/C=C2/SC(=O)N(Cc3ccc(C(=O)OC)o3)C2=O)cc(I)c1OC. The van der Waals surface area contributed by atoms with Crippen LogP contribution in [0.3, 0.4) is 0 Å². The Morgan fingerprint density at radius 2 is 2.03 bits per heavy atom. The standard InChI is InChI=1S/C20H18INO7S/c1-4-28-15-8-11(7-13(21)17(15)26-2)9-16-18(23)22(20(25)30-16)10-12-5-6-14(29-12)19(24)27-3/h5-9H,4,10H2,1-3H3/b16-9+. The van der Waals surface area contributed by atoms with Gasteiger partial charge in [0.05, 0.1) is 35.8 Å². The fraction of sp³-hybridized carbons (Fsp3) is 0.250. The predicted octanol–water partition coefficient (Wildman–Crippen LogP) is 4.31. The van der Waals surface area contributed by atoms with Gasteiger partial charge in [0.25, 0.3) is 11.1 Å². The summed E-state index contributed by atoms with van der Waals surface area (Å²) in [5.41, 5.74) is 0.708. The van der Waals surface area contributed by atoms with Crippen LogP contribution in [-0.4, -0.2) is 42.8 Å². The summed E-state index contributed by atoms with van der Waals surface area (Å²) < 4.78 is 21.7. The maximum Gasteiger partial charge on any atom is 0.373 e. The first-order chi connectivity index (χ1) is 14.4. The molecule has 2 heterocycles. The number of hydrogen-bond donors (Lipinski definition) is 0. The van der Waals surface area contributed by atoms with E-state index in [1.807, 2.05) is 13.0 Å². The zero-order valence-electron chi connectivity index (χ0n) is 16.4. The molecule has 1 aromatic carbocycles. The van der Waals surface area contributed by atoms with Gasteiger partial charge >= 0.3 is 5.97 Å². The summed E-state index contributed by atoms with van der Waals surface area (Å²) in [4.78, 5) is 38.0. The summed E-state index contributed by atoms with van der Waals surface area (Å²) >= 11 is 2.96. The Hall–Kier alpha value is -2.47. The number of esters is 1. The molecule has 1 aliphatic rings. The van der Waals surface area contributed by atoms with Gasteiger partial charge in [-0.3, -0.25) is 14.5 Å². The number of rotatable bonds is 7. The second-order valence-corrected chi connectivity index (χ2v) is 8.15. The molecular formula is C20H18INO7S. The number of hydrogen-bond acceptors (Lipinski definition) is 8. The minimum absolute atomic E-state index is 0.00581. The van der Waals surface area contributed by atoms with Crippen LogP contribution in [0.5, 0.6) is 11.5 Å². The second-order valence-electron chi connectivity index (χ2n) is 5.99. The Morgan fingerprint density at radius 1 is 1.27 bits per heavy atom. The monoisotopic (exact) mass is 543 g/mol. The zero-order chi connectivity index (χ0) is 21.8. The third kappa shape index (κ3) is 4.64. The average molecular weight is 543 g/mol. The minimum atomic E-state index is -0.630. The number of nitrogens with zero attached hydrogens (tertiary/aromatic N) is 1. The average Bonchev–Trinajstić information content (AvgIpc) is 3.28. The van der Waals surface area contributed by atoms with Gasteiger partial charge in [-0.05, 0) is 77.2 Å². The molecule has 3 rings (SSSR count). The third-order valence-corrected chi connectivity index (χ3v) is 5.78. The van der Waals surface area contributed by atoms with Crippen molar-refractivity contribution in [3.63, 3.8) is 0 Å². The van der Waals surface area contributed by atoms with Crippen LogP contribution in [0.4, 0.5) is 4.79 Å². The number of ether oxygens (including phenoxy) is 3. The highest BCUT2D eigenvalue weighted by Crippen LogP contribution is 2.37. The topological polar surface area (TPSA) is 95.3 Å².